The molecular formula is C23H34FN7O. The monoisotopic (exact) mass is 443 g/mol. The third kappa shape index (κ3) is 5.38. The standard InChI is InChI=1S/C23H34FN7O/c1-32-20-13-12-18(14-19(20)24)31(17-6-4-2-3-5-7-17)23-29-21(26)28-22(30-23)27-16-10-8-15(25)9-11-16/h12-17H,2-11,25H2,1H3,(H3,26,27,28,29,30). The minimum absolute atomic E-state index is 0.151. The fraction of sp³-hybridized carbons (Fsp3) is 0.609. The van der Waals surface area contributed by atoms with Gasteiger partial charge in [0, 0.05) is 29.9 Å². The van der Waals surface area contributed by atoms with Crippen molar-refractivity contribution in [2.75, 3.05) is 23.1 Å². The minimum atomic E-state index is -0.414. The molecule has 0 saturated heterocycles. The van der Waals surface area contributed by atoms with Crippen molar-refractivity contribution in [2.24, 2.45) is 5.73 Å². The Morgan fingerprint density at radius 2 is 1.72 bits per heavy atom. The maximum atomic E-state index is 14.6. The first kappa shape index (κ1) is 22.5. The van der Waals surface area contributed by atoms with E-state index in [4.69, 9.17) is 21.2 Å². The molecule has 1 aromatic carbocycles. The number of anilines is 4. The Hall–Kier alpha value is -2.68. The second-order valence-electron chi connectivity index (χ2n) is 8.91. The Morgan fingerprint density at radius 3 is 2.38 bits per heavy atom. The number of rotatable bonds is 6. The van der Waals surface area contributed by atoms with Crippen LogP contribution in [-0.4, -0.2) is 40.2 Å². The van der Waals surface area contributed by atoms with E-state index in [9.17, 15) is 4.39 Å². The molecule has 0 radical (unpaired) electrons. The molecule has 1 heterocycles. The summed E-state index contributed by atoms with van der Waals surface area (Å²) in [6.07, 6.45) is 10.5. The highest BCUT2D eigenvalue weighted by Gasteiger charge is 2.27. The number of methoxy groups -OCH3 is 1. The fourth-order valence-corrected chi connectivity index (χ4v) is 4.81. The smallest absolute Gasteiger partial charge is 0.236 e. The molecule has 174 valence electrons. The number of ether oxygens (including phenoxy) is 1. The zero-order chi connectivity index (χ0) is 22.5. The molecule has 8 nitrogen and oxygen atoms in total. The van der Waals surface area contributed by atoms with Crippen LogP contribution in [0.4, 0.5) is 27.9 Å². The molecule has 0 amide bonds. The molecule has 0 bridgehead atoms. The van der Waals surface area contributed by atoms with Crippen molar-refractivity contribution in [3.8, 4) is 5.75 Å². The maximum Gasteiger partial charge on any atom is 0.236 e. The van der Waals surface area contributed by atoms with Gasteiger partial charge in [-0.2, -0.15) is 15.0 Å². The Labute approximate surface area is 189 Å². The molecule has 2 aromatic rings. The summed E-state index contributed by atoms with van der Waals surface area (Å²) < 4.78 is 19.7. The van der Waals surface area contributed by atoms with Crippen LogP contribution in [-0.2, 0) is 0 Å². The van der Waals surface area contributed by atoms with Crippen LogP contribution >= 0.6 is 0 Å². The predicted molar refractivity (Wildman–Crippen MR) is 125 cm³/mol. The summed E-state index contributed by atoms with van der Waals surface area (Å²) in [6.45, 7) is 0. The zero-order valence-corrected chi connectivity index (χ0v) is 18.8. The van der Waals surface area contributed by atoms with E-state index in [1.54, 1.807) is 6.07 Å². The molecule has 0 aliphatic heterocycles. The van der Waals surface area contributed by atoms with Crippen LogP contribution in [0.15, 0.2) is 18.2 Å². The molecule has 2 aliphatic rings. The largest absolute Gasteiger partial charge is 0.494 e. The van der Waals surface area contributed by atoms with E-state index in [-0.39, 0.29) is 29.8 Å². The first-order valence-electron chi connectivity index (χ1n) is 11.7. The lowest BCUT2D eigenvalue weighted by molar-refractivity contribution is 0.386. The average molecular weight is 444 g/mol. The lowest BCUT2D eigenvalue weighted by Gasteiger charge is -2.32. The van der Waals surface area contributed by atoms with Gasteiger partial charge < -0.3 is 26.4 Å². The molecule has 0 atom stereocenters. The molecule has 1 aromatic heterocycles. The van der Waals surface area contributed by atoms with E-state index < -0.39 is 5.82 Å². The van der Waals surface area contributed by atoms with Crippen LogP contribution in [0, 0.1) is 5.82 Å². The minimum Gasteiger partial charge on any atom is -0.494 e. The van der Waals surface area contributed by atoms with E-state index in [2.05, 4.69) is 15.3 Å². The molecule has 9 heteroatoms. The Morgan fingerprint density at radius 1 is 1.00 bits per heavy atom. The third-order valence-electron chi connectivity index (χ3n) is 6.56. The Balaban J connectivity index is 1.67. The van der Waals surface area contributed by atoms with Gasteiger partial charge in [0.1, 0.15) is 0 Å². The van der Waals surface area contributed by atoms with Gasteiger partial charge in [-0.25, -0.2) is 4.39 Å². The van der Waals surface area contributed by atoms with E-state index in [1.165, 1.54) is 26.0 Å². The third-order valence-corrected chi connectivity index (χ3v) is 6.56. The van der Waals surface area contributed by atoms with Gasteiger partial charge in [0.2, 0.25) is 17.8 Å². The van der Waals surface area contributed by atoms with Crippen molar-refractivity contribution < 1.29 is 9.13 Å². The summed E-state index contributed by atoms with van der Waals surface area (Å²) in [4.78, 5) is 15.5. The number of aromatic nitrogens is 3. The van der Waals surface area contributed by atoms with Crippen LogP contribution in [0.5, 0.6) is 5.75 Å². The molecule has 0 spiro atoms. The Kier molecular flexibility index (Phi) is 7.24. The lowest BCUT2D eigenvalue weighted by Crippen LogP contribution is -2.34. The van der Waals surface area contributed by atoms with Crippen molar-refractivity contribution in [3.63, 3.8) is 0 Å². The highest BCUT2D eigenvalue weighted by molar-refractivity contribution is 5.61. The maximum absolute atomic E-state index is 14.6. The molecule has 2 fully saturated rings. The molecule has 2 aliphatic carbocycles. The number of nitrogens with zero attached hydrogens (tertiary/aromatic N) is 4. The van der Waals surface area contributed by atoms with Gasteiger partial charge in [0.25, 0.3) is 0 Å². The number of benzene rings is 1. The molecular weight excluding hydrogens is 409 g/mol. The highest BCUT2D eigenvalue weighted by Crippen LogP contribution is 2.34. The van der Waals surface area contributed by atoms with Gasteiger partial charge in [-0.3, -0.25) is 0 Å². The number of halogens is 1. The number of nitrogen functional groups attached to an aromatic ring is 1. The molecule has 32 heavy (non-hydrogen) atoms. The van der Waals surface area contributed by atoms with Crippen molar-refractivity contribution in [3.05, 3.63) is 24.0 Å². The van der Waals surface area contributed by atoms with Gasteiger partial charge in [0.15, 0.2) is 11.6 Å². The summed E-state index contributed by atoms with van der Waals surface area (Å²) in [5, 5.41) is 3.42. The van der Waals surface area contributed by atoms with Gasteiger partial charge in [-0.15, -0.1) is 0 Å². The van der Waals surface area contributed by atoms with Crippen molar-refractivity contribution in [1.29, 1.82) is 0 Å². The normalized spacial score (nSPS) is 22.2. The van der Waals surface area contributed by atoms with E-state index >= 15 is 0 Å². The van der Waals surface area contributed by atoms with E-state index in [0.29, 0.717) is 17.6 Å². The van der Waals surface area contributed by atoms with Gasteiger partial charge in [-0.05, 0) is 50.7 Å². The summed E-state index contributed by atoms with van der Waals surface area (Å²) in [7, 11) is 1.46. The number of nitrogens with one attached hydrogen (secondary N) is 1. The SMILES string of the molecule is COc1ccc(N(c2nc(N)nc(NC3CCC(N)CC3)n2)C2CCCCCC2)cc1F. The van der Waals surface area contributed by atoms with Gasteiger partial charge in [0.05, 0.1) is 7.11 Å². The predicted octanol–water partition coefficient (Wildman–Crippen LogP) is 4.14. The van der Waals surface area contributed by atoms with Crippen LogP contribution in [0.2, 0.25) is 0 Å². The van der Waals surface area contributed by atoms with Crippen molar-refractivity contribution in [1.82, 2.24) is 15.0 Å². The fourth-order valence-electron chi connectivity index (χ4n) is 4.81. The average Bonchev–Trinajstić information content (AvgIpc) is 3.05. The highest BCUT2D eigenvalue weighted by atomic mass is 19.1. The van der Waals surface area contributed by atoms with E-state index in [0.717, 1.165) is 51.4 Å². The van der Waals surface area contributed by atoms with Gasteiger partial charge >= 0.3 is 0 Å². The molecule has 5 N–H and O–H groups in total. The Bertz CT molecular complexity index is 896. The quantitative estimate of drug-likeness (QED) is 0.571. The van der Waals surface area contributed by atoms with Crippen LogP contribution in [0.1, 0.15) is 64.2 Å². The molecule has 4 rings (SSSR count). The molecule has 2 saturated carbocycles. The number of nitrogens with two attached hydrogens (primary N) is 2. The number of hydrogen-bond donors (Lipinski definition) is 3. The lowest BCUT2D eigenvalue weighted by atomic mass is 9.92. The zero-order valence-electron chi connectivity index (χ0n) is 18.8. The van der Waals surface area contributed by atoms with Crippen LogP contribution in [0.25, 0.3) is 0 Å². The summed E-state index contributed by atoms with van der Waals surface area (Å²) in [6, 6.07) is 5.66. The molecule has 0 unspecified atom stereocenters. The first-order chi connectivity index (χ1) is 15.5. The topological polar surface area (TPSA) is 115 Å². The van der Waals surface area contributed by atoms with Crippen molar-refractivity contribution in [2.45, 2.75) is 82.3 Å². The van der Waals surface area contributed by atoms with E-state index in [1.807, 2.05) is 11.0 Å². The summed E-state index contributed by atoms with van der Waals surface area (Å²) in [5.74, 6) is 0.854. The second-order valence-corrected chi connectivity index (χ2v) is 8.91. The van der Waals surface area contributed by atoms with Crippen molar-refractivity contribution >= 4 is 23.5 Å². The number of hydrogen-bond acceptors (Lipinski definition) is 8. The first-order valence-corrected chi connectivity index (χ1v) is 11.7. The van der Waals surface area contributed by atoms with Crippen LogP contribution in [0.3, 0.4) is 0 Å². The van der Waals surface area contributed by atoms with Gasteiger partial charge in [-0.1, -0.05) is 25.7 Å². The summed E-state index contributed by atoms with van der Waals surface area (Å²) >= 11 is 0. The second kappa shape index (κ2) is 10.3. The van der Waals surface area contributed by atoms with Crippen LogP contribution < -0.4 is 26.4 Å². The summed E-state index contributed by atoms with van der Waals surface area (Å²) in [5.41, 5.74) is 12.8.